The third-order valence-electron chi connectivity index (χ3n) is 3.79. The molecule has 1 aromatic rings. The van der Waals surface area contributed by atoms with E-state index in [1.54, 1.807) is 0 Å². The van der Waals surface area contributed by atoms with Crippen LogP contribution in [0.4, 0.5) is 0 Å². The number of unbranched alkanes of at least 4 members (excludes halogenated alkanes) is 2. The van der Waals surface area contributed by atoms with Crippen molar-refractivity contribution in [1.29, 1.82) is 0 Å². The van der Waals surface area contributed by atoms with Crippen molar-refractivity contribution in [3.63, 3.8) is 0 Å². The number of fused-ring (bicyclic) bond motifs is 1. The van der Waals surface area contributed by atoms with E-state index < -0.39 is 0 Å². The van der Waals surface area contributed by atoms with Crippen LogP contribution in [0.3, 0.4) is 0 Å². The molecule has 1 heterocycles. The summed E-state index contributed by atoms with van der Waals surface area (Å²) in [6, 6.07) is 6.54. The number of ether oxygens (including phenoxy) is 2. The van der Waals surface area contributed by atoms with Crippen molar-refractivity contribution in [3.05, 3.63) is 23.8 Å². The Bertz CT molecular complexity index is 434. The molecule has 0 saturated heterocycles. The fraction of sp³-hybridized carbons (Fsp3) is 0.647. The second kappa shape index (κ2) is 8.25. The molecule has 2 N–H and O–H groups in total. The highest BCUT2D eigenvalue weighted by Crippen LogP contribution is 2.34. The molecule has 118 valence electrons. The summed E-state index contributed by atoms with van der Waals surface area (Å²) in [5, 5.41) is 12.4. The molecule has 1 atom stereocenters. The van der Waals surface area contributed by atoms with Gasteiger partial charge in [0.1, 0.15) is 13.2 Å². The quantitative estimate of drug-likeness (QED) is 0.724. The van der Waals surface area contributed by atoms with Gasteiger partial charge in [-0.3, -0.25) is 0 Å². The normalized spacial score (nSPS) is 15.2. The van der Waals surface area contributed by atoms with Gasteiger partial charge in [0, 0.05) is 12.6 Å². The van der Waals surface area contributed by atoms with Gasteiger partial charge in [-0.2, -0.15) is 0 Å². The maximum absolute atomic E-state index is 8.81. The highest BCUT2D eigenvalue weighted by atomic mass is 16.6. The molecule has 0 saturated carbocycles. The van der Waals surface area contributed by atoms with Crippen molar-refractivity contribution in [1.82, 2.24) is 5.32 Å². The van der Waals surface area contributed by atoms with E-state index in [-0.39, 0.29) is 6.61 Å². The lowest BCUT2D eigenvalue weighted by molar-refractivity contribution is 0.171. The van der Waals surface area contributed by atoms with Gasteiger partial charge in [-0.05, 0) is 49.4 Å². The molecular weight excluding hydrogens is 266 g/mol. The van der Waals surface area contributed by atoms with Gasteiger partial charge in [0.15, 0.2) is 11.5 Å². The number of aliphatic hydroxyl groups is 1. The number of benzene rings is 1. The van der Waals surface area contributed by atoms with Crippen molar-refractivity contribution < 1.29 is 14.6 Å². The summed E-state index contributed by atoms with van der Waals surface area (Å²) in [4.78, 5) is 0. The highest BCUT2D eigenvalue weighted by Gasteiger charge is 2.19. The number of aliphatic hydroxyl groups excluding tert-OH is 1. The third-order valence-corrected chi connectivity index (χ3v) is 3.79. The van der Waals surface area contributed by atoms with Crippen molar-refractivity contribution in [2.75, 3.05) is 26.4 Å². The summed E-state index contributed by atoms with van der Waals surface area (Å²) in [5.41, 5.74) is 1.25. The number of hydrogen-bond acceptors (Lipinski definition) is 4. The summed E-state index contributed by atoms with van der Waals surface area (Å²) in [5.74, 6) is 2.20. The molecule has 4 nitrogen and oxygen atoms in total. The molecule has 21 heavy (non-hydrogen) atoms. The Kier molecular flexibility index (Phi) is 6.33. The van der Waals surface area contributed by atoms with Gasteiger partial charge in [-0.1, -0.05) is 19.9 Å². The second-order valence-electron chi connectivity index (χ2n) is 5.86. The highest BCUT2D eigenvalue weighted by molar-refractivity contribution is 5.44. The van der Waals surface area contributed by atoms with Gasteiger partial charge in [0.2, 0.25) is 0 Å². The molecule has 1 aliphatic rings. The summed E-state index contributed by atoms with van der Waals surface area (Å²) in [6.07, 6.45) is 3.04. The van der Waals surface area contributed by atoms with E-state index in [4.69, 9.17) is 14.6 Å². The summed E-state index contributed by atoms with van der Waals surface area (Å²) < 4.78 is 11.2. The molecular formula is C17H27NO3. The maximum atomic E-state index is 8.81. The van der Waals surface area contributed by atoms with E-state index in [1.807, 2.05) is 6.07 Å². The third kappa shape index (κ3) is 4.61. The number of hydrogen-bond donors (Lipinski definition) is 2. The van der Waals surface area contributed by atoms with Crippen LogP contribution in [0.2, 0.25) is 0 Å². The zero-order valence-corrected chi connectivity index (χ0v) is 13.1. The first-order valence-corrected chi connectivity index (χ1v) is 7.96. The van der Waals surface area contributed by atoms with Crippen LogP contribution in [-0.4, -0.2) is 31.5 Å². The average Bonchev–Trinajstić information content (AvgIpc) is 2.50. The SMILES string of the molecule is CC(C)C(NCCCCCO)c1ccc2c(c1)OCCO2. The van der Waals surface area contributed by atoms with Gasteiger partial charge >= 0.3 is 0 Å². The van der Waals surface area contributed by atoms with Gasteiger partial charge in [0.05, 0.1) is 0 Å². The van der Waals surface area contributed by atoms with Crippen molar-refractivity contribution in [2.45, 2.75) is 39.2 Å². The Morgan fingerprint density at radius 3 is 2.57 bits per heavy atom. The fourth-order valence-electron chi connectivity index (χ4n) is 2.66. The predicted octanol–water partition coefficient (Wildman–Crippen LogP) is 2.91. The zero-order valence-electron chi connectivity index (χ0n) is 13.1. The van der Waals surface area contributed by atoms with E-state index in [0.29, 0.717) is 25.2 Å². The monoisotopic (exact) mass is 293 g/mol. The second-order valence-corrected chi connectivity index (χ2v) is 5.86. The predicted molar refractivity (Wildman–Crippen MR) is 84.0 cm³/mol. The summed E-state index contributed by atoms with van der Waals surface area (Å²) in [7, 11) is 0. The van der Waals surface area contributed by atoms with Crippen LogP contribution in [0.15, 0.2) is 18.2 Å². The van der Waals surface area contributed by atoms with Crippen LogP contribution in [0, 0.1) is 5.92 Å². The van der Waals surface area contributed by atoms with E-state index in [0.717, 1.165) is 37.3 Å². The van der Waals surface area contributed by atoms with Gasteiger partial charge < -0.3 is 19.9 Å². The molecule has 0 radical (unpaired) electrons. The number of rotatable bonds is 8. The van der Waals surface area contributed by atoms with E-state index in [2.05, 4.69) is 31.3 Å². The maximum Gasteiger partial charge on any atom is 0.161 e. The van der Waals surface area contributed by atoms with Crippen molar-refractivity contribution in [3.8, 4) is 11.5 Å². The van der Waals surface area contributed by atoms with Crippen LogP contribution in [0.1, 0.15) is 44.7 Å². The molecule has 0 spiro atoms. The molecule has 0 aliphatic carbocycles. The minimum absolute atomic E-state index is 0.287. The lowest BCUT2D eigenvalue weighted by Gasteiger charge is -2.25. The first kappa shape index (κ1) is 16.1. The lowest BCUT2D eigenvalue weighted by Crippen LogP contribution is -2.27. The van der Waals surface area contributed by atoms with E-state index in [9.17, 15) is 0 Å². The molecule has 0 aromatic heterocycles. The van der Waals surface area contributed by atoms with Crippen molar-refractivity contribution >= 4 is 0 Å². The van der Waals surface area contributed by atoms with Crippen LogP contribution < -0.4 is 14.8 Å². The van der Waals surface area contributed by atoms with Crippen LogP contribution in [0.5, 0.6) is 11.5 Å². The summed E-state index contributed by atoms with van der Waals surface area (Å²) >= 11 is 0. The number of nitrogens with one attached hydrogen (secondary N) is 1. The molecule has 0 amide bonds. The zero-order chi connectivity index (χ0) is 15.1. The topological polar surface area (TPSA) is 50.7 Å². The van der Waals surface area contributed by atoms with Gasteiger partial charge in [-0.15, -0.1) is 0 Å². The molecule has 4 heteroatoms. The first-order chi connectivity index (χ1) is 10.2. The Hall–Kier alpha value is -1.26. The van der Waals surface area contributed by atoms with Crippen molar-refractivity contribution in [2.24, 2.45) is 5.92 Å². The summed E-state index contributed by atoms with van der Waals surface area (Å²) in [6.45, 7) is 6.96. The van der Waals surface area contributed by atoms with E-state index >= 15 is 0 Å². The van der Waals surface area contributed by atoms with Crippen LogP contribution >= 0.6 is 0 Å². The van der Waals surface area contributed by atoms with Gasteiger partial charge in [-0.25, -0.2) is 0 Å². The molecule has 1 aromatic carbocycles. The minimum atomic E-state index is 0.287. The van der Waals surface area contributed by atoms with Gasteiger partial charge in [0.25, 0.3) is 0 Å². The largest absolute Gasteiger partial charge is 0.486 e. The van der Waals surface area contributed by atoms with E-state index in [1.165, 1.54) is 5.56 Å². The lowest BCUT2D eigenvalue weighted by atomic mass is 9.95. The fourth-order valence-corrected chi connectivity index (χ4v) is 2.66. The van der Waals surface area contributed by atoms with Crippen LogP contribution in [-0.2, 0) is 0 Å². The smallest absolute Gasteiger partial charge is 0.161 e. The average molecular weight is 293 g/mol. The van der Waals surface area contributed by atoms with Crippen LogP contribution in [0.25, 0.3) is 0 Å². The molecule has 0 bridgehead atoms. The Morgan fingerprint density at radius 1 is 1.10 bits per heavy atom. The molecule has 0 fully saturated rings. The molecule has 2 rings (SSSR count). The Balaban J connectivity index is 1.97. The standard InChI is InChI=1S/C17H27NO3/c1-13(2)17(18-8-4-3-5-9-19)14-6-7-15-16(12-14)21-11-10-20-15/h6-7,12-13,17-19H,3-5,8-11H2,1-2H3. The minimum Gasteiger partial charge on any atom is -0.486 e. The Labute approximate surface area is 127 Å². The molecule has 1 unspecified atom stereocenters. The molecule has 1 aliphatic heterocycles. The Morgan fingerprint density at radius 2 is 1.86 bits per heavy atom. The first-order valence-electron chi connectivity index (χ1n) is 7.96.